The Morgan fingerprint density at radius 2 is 2.32 bits per heavy atom. The Balaban J connectivity index is 1.73. The molecule has 2 fully saturated rings. The minimum atomic E-state index is -0.203. The van der Waals surface area contributed by atoms with Crippen LogP contribution in [0.3, 0.4) is 0 Å². The molecule has 0 aromatic heterocycles. The van der Waals surface area contributed by atoms with Gasteiger partial charge in [-0.15, -0.1) is 0 Å². The van der Waals surface area contributed by atoms with Crippen molar-refractivity contribution in [1.82, 2.24) is 0 Å². The molecular formula is C17H26O2. The molecule has 0 aromatic rings. The largest absolute Gasteiger partial charge is 0.461 e. The van der Waals surface area contributed by atoms with Crippen molar-refractivity contribution in [1.29, 1.82) is 0 Å². The molecule has 2 aliphatic rings. The number of fused-ring (bicyclic) bond motifs is 1. The fourth-order valence-corrected chi connectivity index (χ4v) is 3.65. The molecule has 2 nitrogen and oxygen atoms in total. The van der Waals surface area contributed by atoms with Crippen LogP contribution < -0.4 is 0 Å². The molecule has 0 radical (unpaired) electrons. The van der Waals surface area contributed by atoms with Gasteiger partial charge in [0.15, 0.2) is 0 Å². The zero-order valence-corrected chi connectivity index (χ0v) is 12.5. The van der Waals surface area contributed by atoms with E-state index in [0.717, 1.165) is 23.8 Å². The van der Waals surface area contributed by atoms with E-state index in [9.17, 15) is 4.79 Å². The van der Waals surface area contributed by atoms with Crippen LogP contribution in [0.1, 0.15) is 52.9 Å². The lowest BCUT2D eigenvalue weighted by atomic mass is 9.85. The summed E-state index contributed by atoms with van der Waals surface area (Å²) < 4.78 is 4.98. The molecule has 2 saturated carbocycles. The van der Waals surface area contributed by atoms with Crippen LogP contribution in [0, 0.1) is 17.3 Å². The lowest BCUT2D eigenvalue weighted by molar-refractivity contribution is -0.139. The summed E-state index contributed by atoms with van der Waals surface area (Å²) >= 11 is 0. The zero-order valence-electron chi connectivity index (χ0n) is 12.5. The Kier molecular flexibility index (Phi) is 4.17. The van der Waals surface area contributed by atoms with Gasteiger partial charge in [-0.2, -0.15) is 0 Å². The lowest BCUT2D eigenvalue weighted by Gasteiger charge is -2.20. The van der Waals surface area contributed by atoms with Gasteiger partial charge in [0.2, 0.25) is 0 Å². The average Bonchev–Trinajstić information content (AvgIpc) is 3.02. The SMILES string of the molecule is C=C1CCC2(C(C)CC/C=C(\C)COC(C)=O)CC12. The fourth-order valence-electron chi connectivity index (χ4n) is 3.65. The molecule has 0 N–H and O–H groups in total. The Bertz CT molecular complexity index is 407. The number of hydrogen-bond acceptors (Lipinski definition) is 2. The Morgan fingerprint density at radius 3 is 2.84 bits per heavy atom. The van der Waals surface area contributed by atoms with Gasteiger partial charge in [-0.05, 0) is 61.9 Å². The molecule has 0 bridgehead atoms. The van der Waals surface area contributed by atoms with Crippen LogP contribution in [-0.2, 0) is 9.53 Å². The molecule has 0 aromatic carbocycles. The number of carbonyl (C=O) groups is 1. The van der Waals surface area contributed by atoms with Crippen LogP contribution in [0.25, 0.3) is 0 Å². The molecule has 0 aliphatic heterocycles. The molecule has 2 rings (SSSR count). The minimum Gasteiger partial charge on any atom is -0.461 e. The van der Waals surface area contributed by atoms with Gasteiger partial charge in [-0.1, -0.05) is 25.2 Å². The molecule has 3 atom stereocenters. The van der Waals surface area contributed by atoms with Crippen LogP contribution in [0.5, 0.6) is 0 Å². The van der Waals surface area contributed by atoms with Gasteiger partial charge in [0.25, 0.3) is 0 Å². The third kappa shape index (κ3) is 3.10. The molecule has 2 heteroatoms. The number of allylic oxidation sites excluding steroid dienone is 2. The van der Waals surface area contributed by atoms with Crippen LogP contribution in [-0.4, -0.2) is 12.6 Å². The quantitative estimate of drug-likeness (QED) is 0.528. The van der Waals surface area contributed by atoms with Crippen LogP contribution in [0.2, 0.25) is 0 Å². The van der Waals surface area contributed by atoms with Crippen molar-refractivity contribution in [3.8, 4) is 0 Å². The van der Waals surface area contributed by atoms with Gasteiger partial charge in [0, 0.05) is 6.92 Å². The smallest absolute Gasteiger partial charge is 0.302 e. The number of hydrogen-bond donors (Lipinski definition) is 0. The van der Waals surface area contributed by atoms with E-state index in [1.165, 1.54) is 38.2 Å². The second kappa shape index (κ2) is 5.52. The molecule has 19 heavy (non-hydrogen) atoms. The van der Waals surface area contributed by atoms with E-state index in [0.29, 0.717) is 12.0 Å². The van der Waals surface area contributed by atoms with Crippen molar-refractivity contribution in [2.45, 2.75) is 52.9 Å². The van der Waals surface area contributed by atoms with E-state index in [2.05, 4.69) is 19.6 Å². The Hall–Kier alpha value is -1.05. The van der Waals surface area contributed by atoms with E-state index in [1.807, 2.05) is 6.92 Å². The first-order chi connectivity index (χ1) is 8.95. The van der Waals surface area contributed by atoms with E-state index < -0.39 is 0 Å². The second-order valence-electron chi connectivity index (χ2n) is 6.46. The number of carbonyl (C=O) groups excluding carboxylic acids is 1. The predicted molar refractivity (Wildman–Crippen MR) is 77.7 cm³/mol. The maximum atomic E-state index is 10.7. The number of ether oxygens (including phenoxy) is 1. The summed E-state index contributed by atoms with van der Waals surface area (Å²) in [4.78, 5) is 10.7. The molecule has 0 spiro atoms. The predicted octanol–water partition coefficient (Wildman–Crippen LogP) is 4.27. The molecular weight excluding hydrogens is 236 g/mol. The minimum absolute atomic E-state index is 0.203. The highest BCUT2D eigenvalue weighted by molar-refractivity contribution is 5.66. The Morgan fingerprint density at radius 1 is 1.58 bits per heavy atom. The van der Waals surface area contributed by atoms with Gasteiger partial charge in [-0.3, -0.25) is 4.79 Å². The van der Waals surface area contributed by atoms with Gasteiger partial charge >= 0.3 is 5.97 Å². The highest BCUT2D eigenvalue weighted by atomic mass is 16.5. The van der Waals surface area contributed by atoms with Crippen molar-refractivity contribution in [3.63, 3.8) is 0 Å². The monoisotopic (exact) mass is 262 g/mol. The maximum absolute atomic E-state index is 10.7. The first-order valence-electron chi connectivity index (χ1n) is 7.42. The zero-order chi connectivity index (χ0) is 14.0. The van der Waals surface area contributed by atoms with E-state index in [4.69, 9.17) is 4.74 Å². The summed E-state index contributed by atoms with van der Waals surface area (Å²) in [5, 5.41) is 0. The second-order valence-corrected chi connectivity index (χ2v) is 6.46. The molecule has 3 unspecified atom stereocenters. The van der Waals surface area contributed by atoms with Crippen molar-refractivity contribution >= 4 is 5.97 Å². The summed E-state index contributed by atoms with van der Waals surface area (Å²) in [6.45, 7) is 10.5. The first kappa shape index (κ1) is 14.4. The standard InChI is InChI=1S/C17H26O2/c1-12(11-19-15(4)18)6-5-7-14(3)17-9-8-13(2)16(17)10-17/h6,14,16H,2,5,7-11H2,1,3-4H3/b12-6+. The maximum Gasteiger partial charge on any atom is 0.302 e. The van der Waals surface area contributed by atoms with E-state index >= 15 is 0 Å². The Labute approximate surface area is 116 Å². The van der Waals surface area contributed by atoms with Crippen molar-refractivity contribution in [2.24, 2.45) is 17.3 Å². The molecule has 0 amide bonds. The van der Waals surface area contributed by atoms with E-state index in [1.54, 1.807) is 0 Å². The molecule has 106 valence electrons. The van der Waals surface area contributed by atoms with E-state index in [-0.39, 0.29) is 5.97 Å². The normalized spacial score (nSPS) is 31.0. The van der Waals surface area contributed by atoms with Crippen molar-refractivity contribution in [2.75, 3.05) is 6.61 Å². The summed E-state index contributed by atoms with van der Waals surface area (Å²) in [7, 11) is 0. The fraction of sp³-hybridized carbons (Fsp3) is 0.706. The highest BCUT2D eigenvalue weighted by Crippen LogP contribution is 2.69. The lowest BCUT2D eigenvalue weighted by Crippen LogP contribution is -2.12. The first-order valence-corrected chi connectivity index (χ1v) is 7.42. The van der Waals surface area contributed by atoms with Crippen LogP contribution in [0.4, 0.5) is 0 Å². The van der Waals surface area contributed by atoms with Gasteiger partial charge in [-0.25, -0.2) is 0 Å². The van der Waals surface area contributed by atoms with Crippen molar-refractivity contribution < 1.29 is 9.53 Å². The van der Waals surface area contributed by atoms with Crippen LogP contribution in [0.15, 0.2) is 23.8 Å². The molecule has 0 saturated heterocycles. The van der Waals surface area contributed by atoms with Crippen LogP contribution >= 0.6 is 0 Å². The average molecular weight is 262 g/mol. The summed E-state index contributed by atoms with van der Waals surface area (Å²) in [6.07, 6.45) is 8.53. The van der Waals surface area contributed by atoms with Gasteiger partial charge in [0.05, 0.1) is 0 Å². The number of esters is 1. The van der Waals surface area contributed by atoms with Gasteiger partial charge < -0.3 is 4.74 Å². The van der Waals surface area contributed by atoms with Gasteiger partial charge in [0.1, 0.15) is 6.61 Å². The summed E-state index contributed by atoms with van der Waals surface area (Å²) in [6, 6.07) is 0. The summed E-state index contributed by atoms with van der Waals surface area (Å²) in [5.74, 6) is 1.41. The number of rotatable bonds is 6. The molecule has 2 aliphatic carbocycles. The molecule has 0 heterocycles. The third-order valence-electron chi connectivity index (χ3n) is 5.10. The topological polar surface area (TPSA) is 26.3 Å². The summed E-state index contributed by atoms with van der Waals surface area (Å²) in [5.41, 5.74) is 3.26. The van der Waals surface area contributed by atoms with Crippen molar-refractivity contribution in [3.05, 3.63) is 23.8 Å². The highest BCUT2D eigenvalue weighted by Gasteiger charge is 2.60. The third-order valence-corrected chi connectivity index (χ3v) is 5.10.